The second-order valence-corrected chi connectivity index (χ2v) is 9.24. The van der Waals surface area contributed by atoms with E-state index in [-0.39, 0.29) is 10.8 Å². The van der Waals surface area contributed by atoms with E-state index in [1.54, 1.807) is 6.07 Å². The predicted octanol–water partition coefficient (Wildman–Crippen LogP) is 1.07. The van der Waals surface area contributed by atoms with E-state index in [1.807, 2.05) is 0 Å². The Bertz CT molecular complexity index is 662. The third kappa shape index (κ3) is 5.59. The van der Waals surface area contributed by atoms with Gasteiger partial charge in [-0.1, -0.05) is 18.5 Å². The van der Waals surface area contributed by atoms with Crippen LogP contribution in [0.1, 0.15) is 19.8 Å². The zero-order chi connectivity index (χ0) is 17.6. The Labute approximate surface area is 152 Å². The second-order valence-electron chi connectivity index (χ2n) is 5.53. The maximum atomic E-state index is 12.0. The SMILES string of the molecule is CCN1CCCC1CN=C(N)NCCNS(=O)(=O)c1ccc(Cl)s1. The van der Waals surface area contributed by atoms with E-state index >= 15 is 0 Å². The molecule has 0 bridgehead atoms. The topological polar surface area (TPSA) is 99.8 Å². The van der Waals surface area contributed by atoms with Crippen LogP contribution in [0, 0.1) is 0 Å². The highest BCUT2D eigenvalue weighted by Crippen LogP contribution is 2.25. The van der Waals surface area contributed by atoms with Gasteiger partial charge in [0.25, 0.3) is 0 Å². The van der Waals surface area contributed by atoms with E-state index in [1.165, 1.54) is 12.5 Å². The first-order chi connectivity index (χ1) is 11.4. The van der Waals surface area contributed by atoms with Crippen LogP contribution in [0.2, 0.25) is 4.34 Å². The largest absolute Gasteiger partial charge is 0.370 e. The first kappa shape index (κ1) is 19.5. The molecule has 1 fully saturated rings. The molecule has 1 saturated heterocycles. The molecular formula is C14H24ClN5O2S2. The fourth-order valence-electron chi connectivity index (χ4n) is 2.67. The monoisotopic (exact) mass is 393 g/mol. The van der Waals surface area contributed by atoms with Gasteiger partial charge in [0.05, 0.1) is 10.9 Å². The van der Waals surface area contributed by atoms with Crippen LogP contribution < -0.4 is 15.8 Å². The molecule has 24 heavy (non-hydrogen) atoms. The minimum Gasteiger partial charge on any atom is -0.370 e. The molecule has 0 saturated carbocycles. The summed E-state index contributed by atoms with van der Waals surface area (Å²) >= 11 is 6.78. The number of thiophene rings is 1. The third-order valence-corrected chi connectivity index (χ3v) is 7.10. The lowest BCUT2D eigenvalue weighted by Crippen LogP contribution is -2.39. The number of nitrogens with one attached hydrogen (secondary N) is 2. The highest BCUT2D eigenvalue weighted by atomic mass is 35.5. The van der Waals surface area contributed by atoms with Crippen molar-refractivity contribution in [1.82, 2.24) is 14.9 Å². The van der Waals surface area contributed by atoms with E-state index < -0.39 is 10.0 Å². The lowest BCUT2D eigenvalue weighted by Gasteiger charge is -2.20. The zero-order valence-electron chi connectivity index (χ0n) is 13.7. The van der Waals surface area contributed by atoms with Gasteiger partial charge in [0.1, 0.15) is 4.21 Å². The van der Waals surface area contributed by atoms with E-state index in [0.29, 0.717) is 29.4 Å². The summed E-state index contributed by atoms with van der Waals surface area (Å²) in [5.41, 5.74) is 5.83. The number of hydrogen-bond donors (Lipinski definition) is 3. The minimum atomic E-state index is -3.52. The number of nitrogens with zero attached hydrogens (tertiary/aromatic N) is 2. The van der Waals surface area contributed by atoms with Crippen LogP contribution in [0.15, 0.2) is 21.3 Å². The molecule has 0 radical (unpaired) electrons. The third-order valence-electron chi connectivity index (χ3n) is 3.91. The van der Waals surface area contributed by atoms with Crippen LogP contribution in [-0.4, -0.2) is 58.0 Å². The first-order valence-electron chi connectivity index (χ1n) is 7.95. The smallest absolute Gasteiger partial charge is 0.250 e. The number of likely N-dealkylation sites (N-methyl/N-ethyl adjacent to an activating group) is 1. The molecule has 136 valence electrons. The molecule has 0 amide bonds. The molecule has 1 aliphatic rings. The van der Waals surface area contributed by atoms with Crippen LogP contribution in [0.5, 0.6) is 0 Å². The predicted molar refractivity (Wildman–Crippen MR) is 99.3 cm³/mol. The van der Waals surface area contributed by atoms with Crippen molar-refractivity contribution in [2.75, 3.05) is 32.7 Å². The Morgan fingerprint density at radius 1 is 1.50 bits per heavy atom. The number of guanidine groups is 1. The Morgan fingerprint density at radius 2 is 2.29 bits per heavy atom. The molecule has 2 rings (SSSR count). The summed E-state index contributed by atoms with van der Waals surface area (Å²) in [5, 5.41) is 2.93. The van der Waals surface area contributed by atoms with Gasteiger partial charge >= 0.3 is 0 Å². The van der Waals surface area contributed by atoms with Crippen molar-refractivity contribution >= 4 is 38.9 Å². The number of sulfonamides is 1. The minimum absolute atomic E-state index is 0.204. The van der Waals surface area contributed by atoms with Crippen molar-refractivity contribution in [2.24, 2.45) is 10.7 Å². The number of likely N-dealkylation sites (tertiary alicyclic amines) is 1. The fourth-order valence-corrected chi connectivity index (χ4v) is 5.23. The molecule has 0 aliphatic carbocycles. The maximum Gasteiger partial charge on any atom is 0.250 e. The Hall–Kier alpha value is -0.870. The standard InChI is InChI=1S/C14H24ClN5O2S2/c1-2-20-9-3-4-11(20)10-18-14(16)17-7-8-19-24(21,22)13-6-5-12(15)23-13/h5-6,11,19H,2-4,7-10H2,1H3,(H3,16,17,18). The van der Waals surface area contributed by atoms with Gasteiger partial charge in [-0.25, -0.2) is 13.1 Å². The quantitative estimate of drug-likeness (QED) is 0.348. The van der Waals surface area contributed by atoms with Crippen molar-refractivity contribution < 1.29 is 8.42 Å². The number of hydrogen-bond acceptors (Lipinski definition) is 5. The average molecular weight is 394 g/mol. The number of nitrogens with two attached hydrogens (primary N) is 1. The van der Waals surface area contributed by atoms with Crippen LogP contribution in [0.25, 0.3) is 0 Å². The molecule has 1 aromatic heterocycles. The second kappa shape index (κ2) is 9.00. The highest BCUT2D eigenvalue weighted by Gasteiger charge is 2.22. The molecular weight excluding hydrogens is 370 g/mol. The molecule has 2 heterocycles. The van der Waals surface area contributed by atoms with Crippen molar-refractivity contribution in [2.45, 2.75) is 30.0 Å². The van der Waals surface area contributed by atoms with Gasteiger partial charge in [0.2, 0.25) is 10.0 Å². The molecule has 0 spiro atoms. The summed E-state index contributed by atoms with van der Waals surface area (Å²) in [4.78, 5) is 6.75. The molecule has 7 nitrogen and oxygen atoms in total. The van der Waals surface area contributed by atoms with Gasteiger partial charge in [-0.3, -0.25) is 9.89 Å². The van der Waals surface area contributed by atoms with Crippen molar-refractivity contribution in [3.05, 3.63) is 16.5 Å². The van der Waals surface area contributed by atoms with Crippen LogP contribution in [0.3, 0.4) is 0 Å². The van der Waals surface area contributed by atoms with Gasteiger partial charge in [-0.05, 0) is 38.1 Å². The van der Waals surface area contributed by atoms with Gasteiger partial charge in [-0.2, -0.15) is 0 Å². The maximum absolute atomic E-state index is 12.0. The summed E-state index contributed by atoms with van der Waals surface area (Å²) in [6, 6.07) is 3.50. The lowest BCUT2D eigenvalue weighted by atomic mass is 10.2. The number of halogens is 1. The van der Waals surface area contributed by atoms with E-state index in [2.05, 4.69) is 26.9 Å². The molecule has 10 heteroatoms. The van der Waals surface area contributed by atoms with Gasteiger partial charge < -0.3 is 11.1 Å². The molecule has 4 N–H and O–H groups in total. The van der Waals surface area contributed by atoms with Crippen molar-refractivity contribution in [1.29, 1.82) is 0 Å². The molecule has 0 aromatic carbocycles. The molecule has 1 aromatic rings. The summed E-state index contributed by atoms with van der Waals surface area (Å²) in [6.45, 7) is 5.57. The average Bonchev–Trinajstić information content (AvgIpc) is 3.18. The van der Waals surface area contributed by atoms with Crippen molar-refractivity contribution in [3.8, 4) is 0 Å². The highest BCUT2D eigenvalue weighted by molar-refractivity contribution is 7.91. The van der Waals surface area contributed by atoms with Crippen LogP contribution in [-0.2, 0) is 10.0 Å². The summed E-state index contributed by atoms with van der Waals surface area (Å²) in [6.07, 6.45) is 2.35. The van der Waals surface area contributed by atoms with Gasteiger partial charge in [0.15, 0.2) is 5.96 Å². The Kier molecular flexibility index (Phi) is 7.30. The summed E-state index contributed by atoms with van der Waals surface area (Å²) in [5.74, 6) is 0.344. The van der Waals surface area contributed by atoms with Gasteiger partial charge in [-0.15, -0.1) is 11.3 Å². The zero-order valence-corrected chi connectivity index (χ0v) is 16.1. The van der Waals surface area contributed by atoms with Crippen molar-refractivity contribution in [3.63, 3.8) is 0 Å². The molecule has 1 atom stereocenters. The first-order valence-corrected chi connectivity index (χ1v) is 10.6. The Balaban J connectivity index is 1.70. The van der Waals surface area contributed by atoms with E-state index in [9.17, 15) is 8.42 Å². The van der Waals surface area contributed by atoms with Crippen LogP contribution in [0.4, 0.5) is 0 Å². The van der Waals surface area contributed by atoms with Gasteiger partial charge in [0, 0.05) is 19.1 Å². The number of rotatable bonds is 8. The molecule has 1 unspecified atom stereocenters. The normalized spacial score (nSPS) is 19.8. The number of aliphatic imine (C=N–C) groups is 1. The summed E-state index contributed by atoms with van der Waals surface area (Å²) < 4.78 is 27.2. The van der Waals surface area contributed by atoms with E-state index in [4.69, 9.17) is 17.3 Å². The Morgan fingerprint density at radius 3 is 2.96 bits per heavy atom. The van der Waals surface area contributed by atoms with E-state index in [0.717, 1.165) is 30.8 Å². The molecule has 1 aliphatic heterocycles. The lowest BCUT2D eigenvalue weighted by molar-refractivity contribution is 0.273. The summed E-state index contributed by atoms with van der Waals surface area (Å²) in [7, 11) is -3.52. The van der Waals surface area contributed by atoms with Crippen LogP contribution >= 0.6 is 22.9 Å². The fraction of sp³-hybridized carbons (Fsp3) is 0.643.